The number of carboxylic acids is 1. The first-order chi connectivity index (χ1) is 9.49. The van der Waals surface area contributed by atoms with Crippen molar-refractivity contribution in [1.29, 1.82) is 0 Å². The second-order valence-corrected chi connectivity index (χ2v) is 5.36. The number of urea groups is 1. The third-order valence-electron chi connectivity index (χ3n) is 3.33. The van der Waals surface area contributed by atoms with Gasteiger partial charge in [-0.15, -0.1) is 0 Å². The Morgan fingerprint density at radius 3 is 2.65 bits per heavy atom. The molecule has 0 spiro atoms. The third-order valence-corrected chi connectivity index (χ3v) is 3.33. The largest absolute Gasteiger partial charge is 0.481 e. The highest BCUT2D eigenvalue weighted by Gasteiger charge is 2.30. The summed E-state index contributed by atoms with van der Waals surface area (Å²) in [6, 6.07) is -0.289. The predicted octanol–water partition coefficient (Wildman–Crippen LogP) is 0.117. The lowest BCUT2D eigenvalue weighted by Crippen LogP contribution is -2.42. The van der Waals surface area contributed by atoms with Gasteiger partial charge in [0, 0.05) is 19.1 Å². The molecule has 0 unspecified atom stereocenters. The fourth-order valence-electron chi connectivity index (χ4n) is 2.16. The highest BCUT2D eigenvalue weighted by atomic mass is 16.5. The summed E-state index contributed by atoms with van der Waals surface area (Å²) in [6.07, 6.45) is 1.87. The van der Waals surface area contributed by atoms with Crippen LogP contribution in [0, 0.1) is 5.92 Å². The maximum absolute atomic E-state index is 11.6. The van der Waals surface area contributed by atoms with E-state index in [-0.39, 0.29) is 18.0 Å². The molecule has 116 valence electrons. The second kappa shape index (κ2) is 8.76. The molecule has 3 N–H and O–H groups in total. The number of amides is 2. The van der Waals surface area contributed by atoms with Gasteiger partial charge in [0.25, 0.3) is 0 Å². The number of likely N-dealkylation sites (N-methyl/N-ethyl adjacent to an activating group) is 1. The van der Waals surface area contributed by atoms with Gasteiger partial charge in [-0.2, -0.15) is 0 Å². The van der Waals surface area contributed by atoms with Gasteiger partial charge < -0.3 is 25.4 Å². The number of aliphatic carboxylic acids is 1. The molecular weight excluding hydrogens is 262 g/mol. The Morgan fingerprint density at radius 1 is 1.30 bits per heavy atom. The van der Waals surface area contributed by atoms with Crippen molar-refractivity contribution >= 4 is 12.0 Å². The Balaban J connectivity index is 2.02. The summed E-state index contributed by atoms with van der Waals surface area (Å²) in [6.45, 7) is 2.42. The van der Waals surface area contributed by atoms with E-state index in [0.717, 1.165) is 13.0 Å². The van der Waals surface area contributed by atoms with E-state index in [2.05, 4.69) is 10.6 Å². The molecule has 0 radical (unpaired) electrons. The van der Waals surface area contributed by atoms with E-state index in [9.17, 15) is 9.59 Å². The smallest absolute Gasteiger partial charge is 0.315 e. The van der Waals surface area contributed by atoms with Crippen LogP contribution >= 0.6 is 0 Å². The van der Waals surface area contributed by atoms with E-state index in [4.69, 9.17) is 9.84 Å². The van der Waals surface area contributed by atoms with Crippen molar-refractivity contribution in [1.82, 2.24) is 15.5 Å². The lowest BCUT2D eigenvalue weighted by atomic mass is 10.1. The lowest BCUT2D eigenvalue weighted by Gasteiger charge is -2.14. The average molecular weight is 287 g/mol. The van der Waals surface area contributed by atoms with Crippen molar-refractivity contribution in [2.45, 2.75) is 25.3 Å². The molecule has 0 aromatic rings. The highest BCUT2D eigenvalue weighted by Crippen LogP contribution is 2.25. The number of hydrogen-bond donors (Lipinski definition) is 3. The summed E-state index contributed by atoms with van der Waals surface area (Å²) in [5.74, 6) is -1.10. The quantitative estimate of drug-likeness (QED) is 0.552. The SMILES string of the molecule is CN(C)CCOCCNC(=O)N[C@H]1CC[C@@H](C(=O)O)C1. The van der Waals surface area contributed by atoms with Crippen LogP contribution in [0.25, 0.3) is 0 Å². The number of nitrogens with zero attached hydrogens (tertiary/aromatic N) is 1. The van der Waals surface area contributed by atoms with Crippen molar-refractivity contribution in [3.8, 4) is 0 Å². The minimum Gasteiger partial charge on any atom is -0.481 e. The normalized spacial score (nSPS) is 21.9. The van der Waals surface area contributed by atoms with Crippen LogP contribution in [0.1, 0.15) is 19.3 Å². The number of rotatable bonds is 8. The van der Waals surface area contributed by atoms with Crippen molar-refractivity contribution in [3.05, 3.63) is 0 Å². The minimum atomic E-state index is -0.774. The monoisotopic (exact) mass is 287 g/mol. The number of ether oxygens (including phenoxy) is 1. The van der Waals surface area contributed by atoms with Gasteiger partial charge in [0.15, 0.2) is 0 Å². The number of hydrogen-bond acceptors (Lipinski definition) is 4. The van der Waals surface area contributed by atoms with Crippen LogP contribution in [0.2, 0.25) is 0 Å². The first-order valence-corrected chi connectivity index (χ1v) is 6.98. The van der Waals surface area contributed by atoms with Gasteiger partial charge in [-0.3, -0.25) is 4.79 Å². The molecule has 1 rings (SSSR count). The first kappa shape index (κ1) is 16.7. The van der Waals surface area contributed by atoms with E-state index < -0.39 is 5.97 Å². The molecule has 0 aromatic carbocycles. The standard InChI is InChI=1S/C13H25N3O4/c1-16(2)6-8-20-7-5-14-13(19)15-11-4-3-10(9-11)12(17)18/h10-11H,3-9H2,1-2H3,(H,17,18)(H2,14,15,19)/t10-,11+/m1/s1. The molecule has 0 aliphatic heterocycles. The summed E-state index contributed by atoms with van der Waals surface area (Å²) in [4.78, 5) is 24.4. The Labute approximate surface area is 119 Å². The van der Waals surface area contributed by atoms with Crippen molar-refractivity contribution in [2.75, 3.05) is 40.4 Å². The summed E-state index contributed by atoms with van der Waals surface area (Å²) in [5, 5.41) is 14.4. The topological polar surface area (TPSA) is 90.9 Å². The van der Waals surface area contributed by atoms with Crippen LogP contribution < -0.4 is 10.6 Å². The second-order valence-electron chi connectivity index (χ2n) is 5.36. The zero-order valence-corrected chi connectivity index (χ0v) is 12.2. The maximum atomic E-state index is 11.6. The Morgan fingerprint density at radius 2 is 2.05 bits per heavy atom. The molecule has 0 saturated heterocycles. The molecule has 20 heavy (non-hydrogen) atoms. The van der Waals surface area contributed by atoms with E-state index in [0.29, 0.717) is 32.6 Å². The van der Waals surface area contributed by atoms with Crippen LogP contribution in [0.3, 0.4) is 0 Å². The summed E-state index contributed by atoms with van der Waals surface area (Å²) in [5.41, 5.74) is 0. The van der Waals surface area contributed by atoms with Crippen molar-refractivity contribution in [3.63, 3.8) is 0 Å². The van der Waals surface area contributed by atoms with Gasteiger partial charge in [-0.1, -0.05) is 0 Å². The van der Waals surface area contributed by atoms with E-state index in [1.165, 1.54) is 0 Å². The average Bonchev–Trinajstić information content (AvgIpc) is 2.81. The molecule has 1 saturated carbocycles. The van der Waals surface area contributed by atoms with E-state index in [1.807, 2.05) is 19.0 Å². The third kappa shape index (κ3) is 6.72. The van der Waals surface area contributed by atoms with Gasteiger partial charge in [-0.25, -0.2) is 4.79 Å². The van der Waals surface area contributed by atoms with Gasteiger partial charge in [0.05, 0.1) is 19.1 Å². The van der Waals surface area contributed by atoms with E-state index >= 15 is 0 Å². The number of carbonyl (C=O) groups is 2. The molecule has 1 fully saturated rings. The van der Waals surface area contributed by atoms with Crippen molar-refractivity contribution < 1.29 is 19.4 Å². The van der Waals surface area contributed by atoms with Crippen LogP contribution in [0.4, 0.5) is 4.79 Å². The Kier molecular flexibility index (Phi) is 7.32. The molecule has 0 aromatic heterocycles. The van der Waals surface area contributed by atoms with Gasteiger partial charge in [-0.05, 0) is 33.4 Å². The summed E-state index contributed by atoms with van der Waals surface area (Å²) >= 11 is 0. The number of carbonyl (C=O) groups excluding carboxylic acids is 1. The van der Waals surface area contributed by atoms with Crippen LogP contribution in [-0.2, 0) is 9.53 Å². The molecule has 0 heterocycles. The fraction of sp³-hybridized carbons (Fsp3) is 0.846. The molecule has 1 aliphatic rings. The molecule has 2 atom stereocenters. The van der Waals surface area contributed by atoms with E-state index in [1.54, 1.807) is 0 Å². The number of carboxylic acid groups (broad SMARTS) is 1. The van der Waals surface area contributed by atoms with Gasteiger partial charge in [0.2, 0.25) is 0 Å². The molecular formula is C13H25N3O4. The van der Waals surface area contributed by atoms with Crippen LogP contribution in [-0.4, -0.2) is 68.4 Å². The predicted molar refractivity (Wildman–Crippen MR) is 74.7 cm³/mol. The molecule has 7 nitrogen and oxygen atoms in total. The molecule has 0 bridgehead atoms. The summed E-state index contributed by atoms with van der Waals surface area (Å²) < 4.78 is 5.35. The fourth-order valence-corrected chi connectivity index (χ4v) is 2.16. The molecule has 2 amide bonds. The molecule has 7 heteroatoms. The summed E-state index contributed by atoms with van der Waals surface area (Å²) in [7, 11) is 3.95. The van der Waals surface area contributed by atoms with Gasteiger partial charge in [0.1, 0.15) is 0 Å². The van der Waals surface area contributed by atoms with Gasteiger partial charge >= 0.3 is 12.0 Å². The zero-order valence-electron chi connectivity index (χ0n) is 12.2. The van der Waals surface area contributed by atoms with Crippen LogP contribution in [0.5, 0.6) is 0 Å². The van der Waals surface area contributed by atoms with Crippen molar-refractivity contribution in [2.24, 2.45) is 5.92 Å². The first-order valence-electron chi connectivity index (χ1n) is 6.98. The molecule has 1 aliphatic carbocycles. The highest BCUT2D eigenvalue weighted by molar-refractivity contribution is 5.75. The van der Waals surface area contributed by atoms with Crippen LogP contribution in [0.15, 0.2) is 0 Å². The Bertz CT molecular complexity index is 323. The number of nitrogens with one attached hydrogen (secondary N) is 2. The lowest BCUT2D eigenvalue weighted by molar-refractivity contribution is -0.141. The minimum absolute atomic E-state index is 0.0363. The maximum Gasteiger partial charge on any atom is 0.315 e. The zero-order chi connectivity index (χ0) is 15.0. The Hall–Kier alpha value is -1.34.